The van der Waals surface area contributed by atoms with Crippen LogP contribution in [0, 0.1) is 19.8 Å². The lowest BCUT2D eigenvalue weighted by atomic mass is 9.96. The number of carbonyl (C=O) groups is 1. The highest BCUT2D eigenvalue weighted by Gasteiger charge is 2.25. The number of pyridine rings is 1. The summed E-state index contributed by atoms with van der Waals surface area (Å²) in [5.41, 5.74) is 3.00. The molecule has 4 rings (SSSR count). The summed E-state index contributed by atoms with van der Waals surface area (Å²) >= 11 is 0. The molecule has 0 spiro atoms. The summed E-state index contributed by atoms with van der Waals surface area (Å²) in [5.74, 6) is 1.69. The molecule has 1 aliphatic heterocycles. The van der Waals surface area contributed by atoms with Crippen molar-refractivity contribution in [2.45, 2.75) is 33.2 Å². The number of carbonyl (C=O) groups excluding carboxylic acids is 1. The van der Waals surface area contributed by atoms with Crippen molar-refractivity contribution in [3.05, 3.63) is 59.7 Å². The van der Waals surface area contributed by atoms with E-state index in [9.17, 15) is 4.79 Å². The first-order valence-electron chi connectivity index (χ1n) is 9.89. The Bertz CT molecular complexity index is 960. The maximum Gasteiger partial charge on any atom is 0.223 e. The molecule has 0 bridgehead atoms. The zero-order valence-corrected chi connectivity index (χ0v) is 16.7. The Morgan fingerprint density at radius 2 is 1.90 bits per heavy atom. The first-order valence-corrected chi connectivity index (χ1v) is 9.89. The van der Waals surface area contributed by atoms with Crippen LogP contribution < -0.4 is 10.2 Å². The Kier molecular flexibility index (Phi) is 5.50. The third-order valence-corrected chi connectivity index (χ3v) is 5.24. The van der Waals surface area contributed by atoms with E-state index in [2.05, 4.69) is 30.5 Å². The summed E-state index contributed by atoms with van der Waals surface area (Å²) in [6.07, 6.45) is 5.12. The summed E-state index contributed by atoms with van der Waals surface area (Å²) < 4.78 is 1.80. The minimum Gasteiger partial charge on any atom is -0.355 e. The van der Waals surface area contributed by atoms with Gasteiger partial charge >= 0.3 is 0 Å². The number of aryl methyl sites for hydroxylation is 2. The van der Waals surface area contributed by atoms with Gasteiger partial charge in [0, 0.05) is 43.6 Å². The average molecular weight is 391 g/mol. The van der Waals surface area contributed by atoms with Gasteiger partial charge in [-0.2, -0.15) is 5.10 Å². The highest BCUT2D eigenvalue weighted by Crippen LogP contribution is 2.22. The Labute approximate surface area is 170 Å². The molecule has 8 heteroatoms. The summed E-state index contributed by atoms with van der Waals surface area (Å²) in [7, 11) is 0. The summed E-state index contributed by atoms with van der Waals surface area (Å²) in [6.45, 7) is 6.06. The minimum absolute atomic E-state index is 0.0323. The van der Waals surface area contributed by atoms with E-state index in [0.29, 0.717) is 12.4 Å². The molecule has 0 radical (unpaired) electrons. The number of hydrogen-bond acceptors (Lipinski definition) is 6. The Morgan fingerprint density at radius 3 is 2.52 bits per heavy atom. The maximum atomic E-state index is 12.5. The van der Waals surface area contributed by atoms with Crippen molar-refractivity contribution in [2.24, 2.45) is 5.92 Å². The second kappa shape index (κ2) is 8.38. The Balaban J connectivity index is 1.31. The minimum atomic E-state index is 0.0323. The molecule has 1 amide bonds. The van der Waals surface area contributed by atoms with E-state index in [4.69, 9.17) is 0 Å². The molecule has 1 N–H and O–H groups in total. The lowest BCUT2D eigenvalue weighted by Gasteiger charge is -2.31. The number of hydrogen-bond donors (Lipinski definition) is 1. The lowest BCUT2D eigenvalue weighted by molar-refractivity contribution is -0.125. The second-order valence-electron chi connectivity index (χ2n) is 7.43. The van der Waals surface area contributed by atoms with Gasteiger partial charge in [-0.25, -0.2) is 4.68 Å². The van der Waals surface area contributed by atoms with Crippen molar-refractivity contribution in [3.63, 3.8) is 0 Å². The van der Waals surface area contributed by atoms with Crippen LogP contribution in [-0.4, -0.2) is 44.0 Å². The number of aromatic nitrogens is 5. The van der Waals surface area contributed by atoms with Crippen LogP contribution in [0.25, 0.3) is 5.82 Å². The average Bonchev–Trinajstić information content (AvgIpc) is 3.11. The lowest BCUT2D eigenvalue weighted by Crippen LogP contribution is -2.40. The van der Waals surface area contributed by atoms with Gasteiger partial charge in [-0.1, -0.05) is 6.07 Å². The van der Waals surface area contributed by atoms with Crippen LogP contribution in [0.5, 0.6) is 0 Å². The molecule has 3 aromatic rings. The number of amides is 1. The van der Waals surface area contributed by atoms with Crippen molar-refractivity contribution in [3.8, 4) is 5.82 Å². The summed E-state index contributed by atoms with van der Waals surface area (Å²) in [6, 6.07) is 9.77. The van der Waals surface area contributed by atoms with E-state index in [1.54, 1.807) is 17.1 Å². The molecule has 0 aromatic carbocycles. The first kappa shape index (κ1) is 19.0. The van der Waals surface area contributed by atoms with Crippen LogP contribution in [0.1, 0.15) is 29.8 Å². The van der Waals surface area contributed by atoms with Gasteiger partial charge in [-0.05, 0) is 56.5 Å². The van der Waals surface area contributed by atoms with Crippen molar-refractivity contribution >= 4 is 11.7 Å². The largest absolute Gasteiger partial charge is 0.355 e. The van der Waals surface area contributed by atoms with E-state index in [-0.39, 0.29) is 11.8 Å². The summed E-state index contributed by atoms with van der Waals surface area (Å²) in [4.78, 5) is 18.7. The summed E-state index contributed by atoms with van der Waals surface area (Å²) in [5, 5.41) is 16.2. The molecule has 1 fully saturated rings. The van der Waals surface area contributed by atoms with Gasteiger partial charge in [0.15, 0.2) is 11.6 Å². The third kappa shape index (κ3) is 4.42. The van der Waals surface area contributed by atoms with Gasteiger partial charge in [0.2, 0.25) is 5.91 Å². The monoisotopic (exact) mass is 391 g/mol. The van der Waals surface area contributed by atoms with Crippen LogP contribution in [0.3, 0.4) is 0 Å². The maximum absolute atomic E-state index is 12.5. The van der Waals surface area contributed by atoms with Gasteiger partial charge in [0.25, 0.3) is 0 Å². The molecule has 4 heterocycles. The van der Waals surface area contributed by atoms with Gasteiger partial charge in [0.1, 0.15) is 0 Å². The predicted molar refractivity (Wildman–Crippen MR) is 110 cm³/mol. The Hall–Kier alpha value is -3.29. The van der Waals surface area contributed by atoms with Crippen LogP contribution in [0.15, 0.2) is 42.7 Å². The fraction of sp³-hybridized carbons (Fsp3) is 0.381. The zero-order chi connectivity index (χ0) is 20.2. The number of piperidine rings is 1. The van der Waals surface area contributed by atoms with Gasteiger partial charge in [-0.3, -0.25) is 9.78 Å². The topological polar surface area (TPSA) is 88.8 Å². The smallest absolute Gasteiger partial charge is 0.223 e. The molecular weight excluding hydrogens is 366 g/mol. The zero-order valence-electron chi connectivity index (χ0n) is 16.7. The normalized spacial score (nSPS) is 14.8. The third-order valence-electron chi connectivity index (χ3n) is 5.24. The fourth-order valence-electron chi connectivity index (χ4n) is 3.67. The van der Waals surface area contributed by atoms with E-state index >= 15 is 0 Å². The van der Waals surface area contributed by atoms with E-state index in [1.165, 1.54) is 0 Å². The molecule has 3 aromatic heterocycles. The standard InChI is InChI=1S/C21H25N7O/c1-15-12-16(2)28(26-15)20-6-5-19(24-25-20)27-10-7-18(8-11-27)21(29)23-14-17-4-3-9-22-13-17/h3-6,9,12-13,18H,7-8,10-11,14H2,1-2H3,(H,23,29). The molecule has 150 valence electrons. The molecule has 8 nitrogen and oxygen atoms in total. The van der Waals surface area contributed by atoms with Gasteiger partial charge in [-0.15, -0.1) is 10.2 Å². The number of rotatable bonds is 5. The predicted octanol–water partition coefficient (Wildman–Crippen LogP) is 2.21. The highest BCUT2D eigenvalue weighted by atomic mass is 16.1. The molecule has 0 unspecified atom stereocenters. The molecule has 0 saturated carbocycles. The molecule has 1 aliphatic rings. The number of nitrogens with one attached hydrogen (secondary N) is 1. The van der Waals surface area contributed by atoms with Crippen molar-refractivity contribution in [1.82, 2.24) is 30.3 Å². The molecule has 0 aliphatic carbocycles. The van der Waals surface area contributed by atoms with Gasteiger partial charge < -0.3 is 10.2 Å². The molecule has 29 heavy (non-hydrogen) atoms. The SMILES string of the molecule is Cc1cc(C)n(-c2ccc(N3CCC(C(=O)NCc4cccnc4)CC3)nn2)n1. The first-order chi connectivity index (χ1) is 14.1. The van der Waals surface area contributed by atoms with Crippen molar-refractivity contribution in [1.29, 1.82) is 0 Å². The Morgan fingerprint density at radius 1 is 1.14 bits per heavy atom. The fourth-order valence-corrected chi connectivity index (χ4v) is 3.67. The van der Waals surface area contributed by atoms with Crippen molar-refractivity contribution < 1.29 is 4.79 Å². The van der Waals surface area contributed by atoms with Crippen LogP contribution >= 0.6 is 0 Å². The molecule has 1 saturated heterocycles. The number of anilines is 1. The van der Waals surface area contributed by atoms with Crippen molar-refractivity contribution in [2.75, 3.05) is 18.0 Å². The van der Waals surface area contributed by atoms with E-state index in [1.807, 2.05) is 44.2 Å². The highest BCUT2D eigenvalue weighted by molar-refractivity contribution is 5.78. The van der Waals surface area contributed by atoms with Crippen LogP contribution in [0.2, 0.25) is 0 Å². The van der Waals surface area contributed by atoms with Crippen LogP contribution in [0.4, 0.5) is 5.82 Å². The molecule has 0 atom stereocenters. The quantitative estimate of drug-likeness (QED) is 0.717. The second-order valence-corrected chi connectivity index (χ2v) is 7.43. The number of nitrogens with zero attached hydrogens (tertiary/aromatic N) is 6. The molecular formula is C21H25N7O. The van der Waals surface area contributed by atoms with Crippen LogP contribution in [-0.2, 0) is 11.3 Å². The van der Waals surface area contributed by atoms with E-state index in [0.717, 1.165) is 48.7 Å². The van der Waals surface area contributed by atoms with E-state index < -0.39 is 0 Å². The van der Waals surface area contributed by atoms with Gasteiger partial charge in [0.05, 0.1) is 5.69 Å².